The second-order valence-electron chi connectivity index (χ2n) is 5.22. The van der Waals surface area contributed by atoms with Crippen LogP contribution in [0.1, 0.15) is 40.5 Å². The molecule has 3 atom stereocenters. The van der Waals surface area contributed by atoms with Gasteiger partial charge in [0.05, 0.1) is 5.92 Å². The van der Waals surface area contributed by atoms with E-state index >= 15 is 0 Å². The van der Waals surface area contributed by atoms with Crippen molar-refractivity contribution in [2.45, 2.75) is 40.5 Å². The Bertz CT molecular complexity index is 270. The molecule has 0 N–H and O–H groups in total. The highest BCUT2D eigenvalue weighted by atomic mass is 16.5. The fourth-order valence-corrected chi connectivity index (χ4v) is 2.46. The van der Waals surface area contributed by atoms with Gasteiger partial charge in [0.25, 0.3) is 0 Å². The van der Waals surface area contributed by atoms with Crippen LogP contribution in [0.3, 0.4) is 0 Å². The van der Waals surface area contributed by atoms with E-state index in [4.69, 9.17) is 4.74 Å². The largest absolute Gasteiger partial charge is 0.465 e. The van der Waals surface area contributed by atoms with Gasteiger partial charge >= 0.3 is 5.97 Å². The third-order valence-corrected chi connectivity index (χ3v) is 3.62. The quantitative estimate of drug-likeness (QED) is 0.694. The van der Waals surface area contributed by atoms with Crippen LogP contribution in [-0.2, 0) is 14.3 Å². The molecule has 1 aliphatic rings. The Morgan fingerprint density at radius 3 is 2.56 bits per heavy atom. The molecule has 0 aromatic rings. The zero-order valence-corrected chi connectivity index (χ0v) is 10.7. The molecule has 0 bridgehead atoms. The van der Waals surface area contributed by atoms with Gasteiger partial charge in [-0.25, -0.2) is 0 Å². The van der Waals surface area contributed by atoms with Crippen molar-refractivity contribution in [2.75, 3.05) is 6.61 Å². The van der Waals surface area contributed by atoms with Crippen LogP contribution in [0.15, 0.2) is 0 Å². The SMILES string of the molecule is CC(=O)OC[C@@H]1C(=O)[C@@H](C(C)C)CC[C@@H]1C. The van der Waals surface area contributed by atoms with Gasteiger partial charge in [-0.15, -0.1) is 0 Å². The van der Waals surface area contributed by atoms with Crippen LogP contribution in [-0.4, -0.2) is 18.4 Å². The standard InChI is InChI=1S/C13H22O3/c1-8(2)11-6-5-9(3)12(13(11)15)7-16-10(4)14/h8-9,11-12H,5-7H2,1-4H3/t9-,11+,12-/m0/s1. The van der Waals surface area contributed by atoms with Crippen LogP contribution < -0.4 is 0 Å². The molecule has 92 valence electrons. The zero-order valence-electron chi connectivity index (χ0n) is 10.7. The van der Waals surface area contributed by atoms with Gasteiger partial charge in [-0.3, -0.25) is 9.59 Å². The molecular formula is C13H22O3. The summed E-state index contributed by atoms with van der Waals surface area (Å²) >= 11 is 0. The third kappa shape index (κ3) is 3.06. The smallest absolute Gasteiger partial charge is 0.302 e. The number of esters is 1. The van der Waals surface area contributed by atoms with E-state index < -0.39 is 0 Å². The summed E-state index contributed by atoms with van der Waals surface area (Å²) in [6.07, 6.45) is 2.04. The Morgan fingerprint density at radius 1 is 1.44 bits per heavy atom. The second-order valence-corrected chi connectivity index (χ2v) is 5.22. The van der Waals surface area contributed by atoms with Crippen LogP contribution in [0.4, 0.5) is 0 Å². The molecule has 0 aromatic heterocycles. The number of rotatable bonds is 3. The molecule has 0 saturated heterocycles. The van der Waals surface area contributed by atoms with Crippen molar-refractivity contribution in [1.82, 2.24) is 0 Å². The molecule has 1 saturated carbocycles. The zero-order chi connectivity index (χ0) is 12.3. The molecule has 16 heavy (non-hydrogen) atoms. The summed E-state index contributed by atoms with van der Waals surface area (Å²) in [6, 6.07) is 0. The lowest BCUT2D eigenvalue weighted by atomic mass is 9.70. The molecule has 0 heterocycles. The maximum Gasteiger partial charge on any atom is 0.302 e. The number of hydrogen-bond acceptors (Lipinski definition) is 3. The monoisotopic (exact) mass is 226 g/mol. The lowest BCUT2D eigenvalue weighted by molar-refractivity contribution is -0.147. The average Bonchev–Trinajstić information content (AvgIpc) is 2.16. The number of carbonyl (C=O) groups excluding carboxylic acids is 2. The lowest BCUT2D eigenvalue weighted by Gasteiger charge is -2.34. The average molecular weight is 226 g/mol. The first-order valence-electron chi connectivity index (χ1n) is 6.10. The van der Waals surface area contributed by atoms with Crippen LogP contribution in [0.25, 0.3) is 0 Å². The molecule has 3 nitrogen and oxygen atoms in total. The van der Waals surface area contributed by atoms with Crippen molar-refractivity contribution in [1.29, 1.82) is 0 Å². The van der Waals surface area contributed by atoms with Gasteiger partial charge in [0.15, 0.2) is 0 Å². The number of Topliss-reactive ketones (excluding diaryl/α,β-unsaturated/α-hetero) is 1. The predicted molar refractivity (Wildman–Crippen MR) is 61.9 cm³/mol. The Balaban J connectivity index is 2.64. The predicted octanol–water partition coefficient (Wildman–Crippen LogP) is 2.44. The van der Waals surface area contributed by atoms with Crippen LogP contribution in [0, 0.1) is 23.7 Å². The molecule has 0 aromatic carbocycles. The normalized spacial score (nSPS) is 30.6. The highest BCUT2D eigenvalue weighted by Crippen LogP contribution is 2.34. The Labute approximate surface area is 97.5 Å². The second kappa shape index (κ2) is 5.46. The summed E-state index contributed by atoms with van der Waals surface area (Å²) in [7, 11) is 0. The van der Waals surface area contributed by atoms with E-state index in [0.29, 0.717) is 11.8 Å². The molecule has 0 radical (unpaired) electrons. The van der Waals surface area contributed by atoms with Crippen molar-refractivity contribution in [2.24, 2.45) is 23.7 Å². The minimum Gasteiger partial charge on any atom is -0.465 e. The summed E-state index contributed by atoms with van der Waals surface area (Å²) in [5.41, 5.74) is 0. The highest BCUT2D eigenvalue weighted by Gasteiger charge is 2.37. The molecular weight excluding hydrogens is 204 g/mol. The van der Waals surface area contributed by atoms with E-state index in [-0.39, 0.29) is 30.2 Å². The van der Waals surface area contributed by atoms with Gasteiger partial charge in [0.1, 0.15) is 12.4 Å². The van der Waals surface area contributed by atoms with E-state index in [1.54, 1.807) is 0 Å². The van der Waals surface area contributed by atoms with Gasteiger partial charge in [-0.05, 0) is 24.7 Å². The van der Waals surface area contributed by atoms with Crippen LogP contribution >= 0.6 is 0 Å². The van der Waals surface area contributed by atoms with E-state index in [9.17, 15) is 9.59 Å². The Hall–Kier alpha value is -0.860. The van der Waals surface area contributed by atoms with Crippen molar-refractivity contribution in [3.63, 3.8) is 0 Å². The molecule has 0 aliphatic heterocycles. The molecule has 0 amide bonds. The summed E-state index contributed by atoms with van der Waals surface area (Å²) in [6.45, 7) is 7.89. The summed E-state index contributed by atoms with van der Waals surface area (Å²) in [5, 5.41) is 0. The molecule has 1 rings (SSSR count). The lowest BCUT2D eigenvalue weighted by Crippen LogP contribution is -2.39. The third-order valence-electron chi connectivity index (χ3n) is 3.62. The van der Waals surface area contributed by atoms with Gasteiger partial charge in [0.2, 0.25) is 0 Å². The number of carbonyl (C=O) groups is 2. The Kier molecular flexibility index (Phi) is 4.51. The first-order chi connectivity index (χ1) is 7.43. The van der Waals surface area contributed by atoms with E-state index in [0.717, 1.165) is 12.8 Å². The molecule has 1 aliphatic carbocycles. The molecule has 1 fully saturated rings. The molecule has 0 unspecified atom stereocenters. The van der Waals surface area contributed by atoms with E-state index in [2.05, 4.69) is 20.8 Å². The number of ether oxygens (including phenoxy) is 1. The molecule has 0 spiro atoms. The summed E-state index contributed by atoms with van der Waals surface area (Å²) in [5.74, 6) is 0.769. The van der Waals surface area contributed by atoms with Crippen LogP contribution in [0.5, 0.6) is 0 Å². The summed E-state index contributed by atoms with van der Waals surface area (Å²) in [4.78, 5) is 23.0. The molecule has 3 heteroatoms. The summed E-state index contributed by atoms with van der Waals surface area (Å²) < 4.78 is 4.99. The number of ketones is 1. The first kappa shape index (κ1) is 13.2. The van der Waals surface area contributed by atoms with Gasteiger partial charge < -0.3 is 4.74 Å². The van der Waals surface area contributed by atoms with E-state index in [1.807, 2.05) is 0 Å². The first-order valence-corrected chi connectivity index (χ1v) is 6.10. The van der Waals surface area contributed by atoms with Crippen molar-refractivity contribution >= 4 is 11.8 Å². The fraction of sp³-hybridized carbons (Fsp3) is 0.846. The van der Waals surface area contributed by atoms with Crippen molar-refractivity contribution < 1.29 is 14.3 Å². The van der Waals surface area contributed by atoms with Crippen LogP contribution in [0.2, 0.25) is 0 Å². The van der Waals surface area contributed by atoms with Gasteiger partial charge in [-0.1, -0.05) is 20.8 Å². The van der Waals surface area contributed by atoms with Crippen molar-refractivity contribution in [3.05, 3.63) is 0 Å². The van der Waals surface area contributed by atoms with Crippen molar-refractivity contribution in [3.8, 4) is 0 Å². The minimum absolute atomic E-state index is 0.0925. The Morgan fingerprint density at radius 2 is 2.06 bits per heavy atom. The maximum absolute atomic E-state index is 12.2. The maximum atomic E-state index is 12.2. The van der Waals surface area contributed by atoms with Gasteiger partial charge in [-0.2, -0.15) is 0 Å². The van der Waals surface area contributed by atoms with E-state index in [1.165, 1.54) is 6.92 Å². The minimum atomic E-state index is -0.299. The highest BCUT2D eigenvalue weighted by molar-refractivity contribution is 5.85. The topological polar surface area (TPSA) is 43.4 Å². The van der Waals surface area contributed by atoms with Gasteiger partial charge in [0, 0.05) is 12.8 Å². The number of hydrogen-bond donors (Lipinski definition) is 0. The fourth-order valence-electron chi connectivity index (χ4n) is 2.46.